The zero-order chi connectivity index (χ0) is 34.4. The SMILES string of the molecule is CC(C)(C)CNC(=O)[C@@H]1N(C(=O)[C@@H](O)[C@H](Cc2ccccc2)NC(=O)[C@@H](NC(=O)[C@@H](N)C2CCCCC2)C(C)(C)C)CSC1(C)C. The lowest BCUT2D eigenvalue weighted by Crippen LogP contribution is -2.62. The largest absolute Gasteiger partial charge is 0.381 e. The molecule has 3 rings (SSSR count). The molecule has 0 spiro atoms. The number of amides is 4. The maximum Gasteiger partial charge on any atom is 0.254 e. The van der Waals surface area contributed by atoms with Crippen molar-refractivity contribution in [3.05, 3.63) is 35.9 Å². The van der Waals surface area contributed by atoms with Crippen LogP contribution in [0.25, 0.3) is 0 Å². The topological polar surface area (TPSA) is 154 Å². The number of hydrogen-bond donors (Lipinski definition) is 5. The molecule has 2 fully saturated rings. The summed E-state index contributed by atoms with van der Waals surface area (Å²) in [4.78, 5) is 56.1. The van der Waals surface area contributed by atoms with Crippen molar-refractivity contribution < 1.29 is 24.3 Å². The predicted molar refractivity (Wildman–Crippen MR) is 184 cm³/mol. The molecule has 1 saturated heterocycles. The van der Waals surface area contributed by atoms with Gasteiger partial charge in [0.25, 0.3) is 5.91 Å². The first kappa shape index (κ1) is 37.8. The number of carbonyl (C=O) groups is 4. The summed E-state index contributed by atoms with van der Waals surface area (Å²) in [5.74, 6) is -1.51. The van der Waals surface area contributed by atoms with Crippen LogP contribution >= 0.6 is 11.8 Å². The molecule has 1 saturated carbocycles. The Bertz CT molecular complexity index is 1210. The Labute approximate surface area is 279 Å². The van der Waals surface area contributed by atoms with Crippen LogP contribution in [-0.4, -0.2) is 81.1 Å². The molecule has 0 bridgehead atoms. The van der Waals surface area contributed by atoms with Crippen LogP contribution in [0.4, 0.5) is 0 Å². The van der Waals surface area contributed by atoms with Gasteiger partial charge in [-0.3, -0.25) is 19.2 Å². The second-order valence-electron chi connectivity index (χ2n) is 15.8. The van der Waals surface area contributed by atoms with Crippen molar-refractivity contribution in [1.82, 2.24) is 20.9 Å². The summed E-state index contributed by atoms with van der Waals surface area (Å²) in [7, 11) is 0. The molecule has 1 aliphatic heterocycles. The number of carbonyl (C=O) groups excluding carboxylic acids is 4. The number of nitrogens with zero attached hydrogens (tertiary/aromatic N) is 1. The number of hydrogen-bond acceptors (Lipinski definition) is 7. The molecule has 1 aliphatic carbocycles. The Kier molecular flexibility index (Phi) is 12.8. The maximum atomic E-state index is 14.0. The summed E-state index contributed by atoms with van der Waals surface area (Å²) < 4.78 is -0.589. The van der Waals surface area contributed by atoms with Crippen molar-refractivity contribution in [3.63, 3.8) is 0 Å². The Hall–Kier alpha value is -2.63. The van der Waals surface area contributed by atoms with Gasteiger partial charge in [-0.15, -0.1) is 11.8 Å². The molecule has 6 N–H and O–H groups in total. The Morgan fingerprint density at radius 2 is 1.59 bits per heavy atom. The number of nitrogens with two attached hydrogens (primary N) is 1. The third-order valence-electron chi connectivity index (χ3n) is 9.01. The van der Waals surface area contributed by atoms with Crippen molar-refractivity contribution in [2.24, 2.45) is 22.5 Å². The molecular formula is C35H57N5O5S. The minimum atomic E-state index is -1.64. The summed E-state index contributed by atoms with van der Waals surface area (Å²) >= 11 is 1.47. The second-order valence-corrected chi connectivity index (χ2v) is 17.4. The van der Waals surface area contributed by atoms with Crippen molar-refractivity contribution in [2.75, 3.05) is 12.4 Å². The van der Waals surface area contributed by atoms with Crippen LogP contribution in [0.1, 0.15) is 93.1 Å². The van der Waals surface area contributed by atoms with Gasteiger partial charge in [-0.25, -0.2) is 0 Å². The Morgan fingerprint density at radius 1 is 0.978 bits per heavy atom. The maximum absolute atomic E-state index is 14.0. The van der Waals surface area contributed by atoms with Crippen LogP contribution in [-0.2, 0) is 25.6 Å². The molecule has 2 aliphatic rings. The summed E-state index contributed by atoms with van der Waals surface area (Å²) in [6, 6.07) is 5.77. The molecular weight excluding hydrogens is 602 g/mol. The van der Waals surface area contributed by atoms with E-state index in [1.54, 1.807) is 0 Å². The number of aliphatic hydroxyl groups is 1. The number of thioether (sulfide) groups is 1. The highest BCUT2D eigenvalue weighted by atomic mass is 32.2. The average Bonchev–Trinajstić information content (AvgIpc) is 3.31. The lowest BCUT2D eigenvalue weighted by molar-refractivity contribution is -0.148. The molecule has 1 heterocycles. The molecule has 258 valence electrons. The first-order valence-electron chi connectivity index (χ1n) is 16.6. The van der Waals surface area contributed by atoms with Crippen LogP contribution in [0.2, 0.25) is 0 Å². The molecule has 4 amide bonds. The fourth-order valence-corrected chi connectivity index (χ4v) is 7.34. The summed E-state index contributed by atoms with van der Waals surface area (Å²) in [6.45, 7) is 15.9. The van der Waals surface area contributed by atoms with Gasteiger partial charge >= 0.3 is 0 Å². The highest BCUT2D eigenvalue weighted by Crippen LogP contribution is 2.40. The van der Waals surface area contributed by atoms with Crippen LogP contribution in [0.15, 0.2) is 30.3 Å². The molecule has 11 heteroatoms. The molecule has 46 heavy (non-hydrogen) atoms. The van der Waals surface area contributed by atoms with Gasteiger partial charge in [0.15, 0.2) is 6.10 Å². The Balaban J connectivity index is 1.85. The lowest BCUT2D eigenvalue weighted by atomic mass is 9.82. The minimum Gasteiger partial charge on any atom is -0.381 e. The summed E-state index contributed by atoms with van der Waals surface area (Å²) in [6.07, 6.45) is 3.50. The number of benzene rings is 1. The second kappa shape index (κ2) is 15.5. The normalized spacial score (nSPS) is 21.5. The number of rotatable bonds is 11. The van der Waals surface area contributed by atoms with Crippen LogP contribution in [0, 0.1) is 16.7 Å². The van der Waals surface area contributed by atoms with E-state index in [2.05, 4.69) is 16.0 Å². The first-order valence-corrected chi connectivity index (χ1v) is 17.6. The third kappa shape index (κ3) is 10.2. The minimum absolute atomic E-state index is 0.0684. The van der Waals surface area contributed by atoms with Crippen molar-refractivity contribution >= 4 is 35.4 Å². The molecule has 5 atom stereocenters. The van der Waals surface area contributed by atoms with Gasteiger partial charge in [-0.05, 0) is 55.4 Å². The number of nitrogens with one attached hydrogen (secondary N) is 3. The van der Waals surface area contributed by atoms with Gasteiger partial charge < -0.3 is 31.7 Å². The van der Waals surface area contributed by atoms with Crippen LogP contribution < -0.4 is 21.7 Å². The van der Waals surface area contributed by atoms with Gasteiger partial charge in [0.1, 0.15) is 12.1 Å². The predicted octanol–water partition coefficient (Wildman–Crippen LogP) is 3.36. The Morgan fingerprint density at radius 3 is 2.15 bits per heavy atom. The van der Waals surface area contributed by atoms with E-state index in [1.165, 1.54) is 16.7 Å². The van der Waals surface area contributed by atoms with Gasteiger partial charge in [-0.2, -0.15) is 0 Å². The fraction of sp³-hybridized carbons (Fsp3) is 0.714. The van der Waals surface area contributed by atoms with Gasteiger partial charge in [0.05, 0.1) is 18.0 Å². The van der Waals surface area contributed by atoms with Crippen molar-refractivity contribution in [3.8, 4) is 0 Å². The standard InChI is InChI=1S/C35H57N5O5S/c1-33(2,3)20-37-31(44)28-35(7,8)46-21-40(28)32(45)26(41)24(19-22-15-11-9-12-16-22)38-30(43)27(34(4,5)6)39-29(42)25(36)23-17-13-10-14-18-23/h9,11-12,15-16,23-28,41H,10,13-14,17-21,36H2,1-8H3,(H,37,44)(H,38,43)(H,39,42)/t24-,25-,26-,27+,28-/m0/s1. The average molecular weight is 660 g/mol. The van der Waals surface area contributed by atoms with E-state index in [9.17, 15) is 24.3 Å². The van der Waals surface area contributed by atoms with E-state index < -0.39 is 52.2 Å². The van der Waals surface area contributed by atoms with Crippen LogP contribution in [0.3, 0.4) is 0 Å². The molecule has 1 aromatic carbocycles. The van der Waals surface area contributed by atoms with Gasteiger partial charge in [0, 0.05) is 11.3 Å². The van der Waals surface area contributed by atoms with Crippen molar-refractivity contribution in [1.29, 1.82) is 0 Å². The fourth-order valence-electron chi connectivity index (χ4n) is 6.20. The number of aliphatic hydroxyl groups excluding tert-OH is 1. The zero-order valence-corrected chi connectivity index (χ0v) is 29.8. The lowest BCUT2D eigenvalue weighted by Gasteiger charge is -2.36. The first-order chi connectivity index (χ1) is 21.3. The van der Waals surface area contributed by atoms with E-state index in [0.29, 0.717) is 6.54 Å². The van der Waals surface area contributed by atoms with E-state index >= 15 is 0 Å². The zero-order valence-electron chi connectivity index (χ0n) is 29.0. The summed E-state index contributed by atoms with van der Waals surface area (Å²) in [5, 5.41) is 20.4. The van der Waals surface area contributed by atoms with Gasteiger partial charge in [0.2, 0.25) is 17.7 Å². The molecule has 0 radical (unpaired) electrons. The van der Waals surface area contributed by atoms with Gasteiger partial charge in [-0.1, -0.05) is 91.1 Å². The summed E-state index contributed by atoms with van der Waals surface area (Å²) in [5.41, 5.74) is 6.35. The van der Waals surface area contributed by atoms with Crippen molar-refractivity contribution in [2.45, 2.75) is 129 Å². The molecule has 0 unspecified atom stereocenters. The highest BCUT2D eigenvalue weighted by Gasteiger charge is 2.50. The molecule has 0 aromatic heterocycles. The third-order valence-corrected chi connectivity index (χ3v) is 10.4. The molecule has 10 nitrogen and oxygen atoms in total. The van der Waals surface area contributed by atoms with Crippen LogP contribution in [0.5, 0.6) is 0 Å². The highest BCUT2D eigenvalue weighted by molar-refractivity contribution is 8.00. The smallest absolute Gasteiger partial charge is 0.254 e. The monoisotopic (exact) mass is 659 g/mol. The van der Waals surface area contributed by atoms with E-state index in [-0.39, 0.29) is 35.4 Å². The molecule has 1 aromatic rings. The van der Waals surface area contributed by atoms with E-state index in [0.717, 1.165) is 37.7 Å². The van der Waals surface area contributed by atoms with E-state index in [1.807, 2.05) is 85.7 Å². The quantitative estimate of drug-likeness (QED) is 0.244. The van der Waals surface area contributed by atoms with E-state index in [4.69, 9.17) is 5.73 Å².